The lowest BCUT2D eigenvalue weighted by Gasteiger charge is -2.39. The Morgan fingerprint density at radius 3 is 2.31 bits per heavy atom. The van der Waals surface area contributed by atoms with Crippen molar-refractivity contribution in [1.82, 2.24) is 10.4 Å². The fourth-order valence-electron chi connectivity index (χ4n) is 3.87. The van der Waals surface area contributed by atoms with E-state index in [4.69, 9.17) is 0 Å². The minimum absolute atomic E-state index is 0.0319. The predicted octanol–water partition coefficient (Wildman–Crippen LogP) is 5.08. The van der Waals surface area contributed by atoms with Gasteiger partial charge in [0.25, 0.3) is 0 Å². The third-order valence-corrected chi connectivity index (χ3v) is 4.94. The summed E-state index contributed by atoms with van der Waals surface area (Å²) in [5.41, 5.74) is 2.37. The van der Waals surface area contributed by atoms with Crippen LogP contribution < -0.4 is 5.43 Å². The summed E-state index contributed by atoms with van der Waals surface area (Å²) < 4.78 is 42.5. The first-order valence-electron chi connectivity index (χ1n) is 8.69. The molecule has 1 heterocycles. The number of nitrogens with one attached hydrogen (secondary N) is 1. The summed E-state index contributed by atoms with van der Waals surface area (Å²) in [5, 5.41) is 2.80. The van der Waals surface area contributed by atoms with E-state index in [1.165, 1.54) is 0 Å². The van der Waals surface area contributed by atoms with Crippen LogP contribution in [0, 0.1) is 0 Å². The molecule has 0 radical (unpaired) electrons. The maximum atomic E-state index is 14.2. The first-order chi connectivity index (χ1) is 12.0. The molecule has 1 fully saturated rings. The third-order valence-electron chi connectivity index (χ3n) is 4.94. The van der Waals surface area contributed by atoms with Gasteiger partial charge in [0.05, 0.1) is 0 Å². The summed E-state index contributed by atoms with van der Waals surface area (Å²) in [5.74, 6) is -0.487. The number of hydrogen-bond acceptors (Lipinski definition) is 2. The van der Waals surface area contributed by atoms with Crippen LogP contribution in [0.15, 0.2) is 36.4 Å². The van der Waals surface area contributed by atoms with Gasteiger partial charge in [0, 0.05) is 12.0 Å². The minimum Gasteiger partial charge on any atom is -0.287 e. The van der Waals surface area contributed by atoms with Gasteiger partial charge in [-0.05, 0) is 41.7 Å². The molecule has 3 nitrogen and oxygen atoms in total. The van der Waals surface area contributed by atoms with Crippen molar-refractivity contribution in [3.63, 3.8) is 0 Å². The fourth-order valence-corrected chi connectivity index (χ4v) is 3.87. The Morgan fingerprint density at radius 2 is 1.77 bits per heavy atom. The molecule has 6 heteroatoms. The Morgan fingerprint density at radius 1 is 1.12 bits per heavy atom. The SMILES string of the molecule is CC(C)c1c(C(N2NC(=O)CC2(C)C)C(F)(F)F)ccc2ccccc12. The number of rotatable bonds is 3. The highest BCUT2D eigenvalue weighted by molar-refractivity contribution is 5.87. The first-order valence-corrected chi connectivity index (χ1v) is 8.69. The number of carbonyl (C=O) groups excluding carboxylic acids is 1. The number of amides is 1. The topological polar surface area (TPSA) is 32.3 Å². The second-order valence-corrected chi connectivity index (χ2v) is 7.78. The lowest BCUT2D eigenvalue weighted by Crippen LogP contribution is -2.51. The molecule has 2 aromatic carbocycles. The molecule has 1 aliphatic heterocycles. The van der Waals surface area contributed by atoms with Gasteiger partial charge in [-0.25, -0.2) is 0 Å². The summed E-state index contributed by atoms with van der Waals surface area (Å²) in [6.07, 6.45) is -4.49. The zero-order valence-corrected chi connectivity index (χ0v) is 15.3. The summed E-state index contributed by atoms with van der Waals surface area (Å²) in [6, 6.07) is 8.84. The van der Waals surface area contributed by atoms with Gasteiger partial charge in [-0.2, -0.15) is 18.2 Å². The van der Waals surface area contributed by atoms with Gasteiger partial charge >= 0.3 is 6.18 Å². The highest BCUT2D eigenvalue weighted by Gasteiger charge is 2.53. The highest BCUT2D eigenvalue weighted by atomic mass is 19.4. The monoisotopic (exact) mass is 364 g/mol. The summed E-state index contributed by atoms with van der Waals surface area (Å²) >= 11 is 0. The van der Waals surface area contributed by atoms with E-state index in [1.54, 1.807) is 26.0 Å². The van der Waals surface area contributed by atoms with Crippen molar-refractivity contribution in [2.45, 2.75) is 57.8 Å². The van der Waals surface area contributed by atoms with Crippen molar-refractivity contribution < 1.29 is 18.0 Å². The smallest absolute Gasteiger partial charge is 0.287 e. The van der Waals surface area contributed by atoms with Crippen LogP contribution in [0.3, 0.4) is 0 Å². The summed E-state index contributed by atoms with van der Waals surface area (Å²) in [7, 11) is 0. The average Bonchev–Trinajstić information content (AvgIpc) is 2.77. The van der Waals surface area contributed by atoms with Gasteiger partial charge in [-0.1, -0.05) is 50.2 Å². The van der Waals surface area contributed by atoms with Crippen LogP contribution in [-0.2, 0) is 4.79 Å². The molecule has 2 aromatic rings. The molecule has 1 unspecified atom stereocenters. The average molecular weight is 364 g/mol. The van der Waals surface area contributed by atoms with E-state index in [0.717, 1.165) is 15.8 Å². The maximum absolute atomic E-state index is 14.2. The number of carbonyl (C=O) groups is 1. The van der Waals surface area contributed by atoms with Crippen LogP contribution in [0.1, 0.15) is 57.2 Å². The van der Waals surface area contributed by atoms with E-state index < -0.39 is 23.7 Å². The van der Waals surface area contributed by atoms with E-state index in [2.05, 4.69) is 5.43 Å². The van der Waals surface area contributed by atoms with E-state index in [9.17, 15) is 18.0 Å². The first kappa shape index (κ1) is 18.7. The third kappa shape index (κ3) is 3.18. The van der Waals surface area contributed by atoms with Gasteiger partial charge in [0.2, 0.25) is 5.91 Å². The fraction of sp³-hybridized carbons (Fsp3) is 0.450. The molecule has 0 aromatic heterocycles. The van der Waals surface area contributed by atoms with Crippen molar-refractivity contribution in [2.24, 2.45) is 0 Å². The van der Waals surface area contributed by atoms with E-state index in [-0.39, 0.29) is 17.9 Å². The number of hydrogen-bond donors (Lipinski definition) is 1. The molecule has 1 atom stereocenters. The Labute approximate surface area is 151 Å². The number of fused-ring (bicyclic) bond motifs is 1. The number of nitrogens with zero attached hydrogens (tertiary/aromatic N) is 1. The van der Waals surface area contributed by atoms with Gasteiger partial charge < -0.3 is 0 Å². The lowest BCUT2D eigenvalue weighted by atomic mass is 9.86. The van der Waals surface area contributed by atoms with Gasteiger partial charge in [0.15, 0.2) is 6.04 Å². The second-order valence-electron chi connectivity index (χ2n) is 7.78. The van der Waals surface area contributed by atoms with E-state index in [0.29, 0.717) is 5.56 Å². The zero-order valence-electron chi connectivity index (χ0n) is 15.3. The van der Waals surface area contributed by atoms with Crippen molar-refractivity contribution in [1.29, 1.82) is 0 Å². The highest BCUT2D eigenvalue weighted by Crippen LogP contribution is 2.46. The molecule has 1 saturated heterocycles. The molecular weight excluding hydrogens is 341 g/mol. The molecule has 26 heavy (non-hydrogen) atoms. The van der Waals surface area contributed by atoms with Crippen LogP contribution in [0.4, 0.5) is 13.2 Å². The van der Waals surface area contributed by atoms with E-state index >= 15 is 0 Å². The Bertz CT molecular complexity index is 843. The van der Waals surface area contributed by atoms with Gasteiger partial charge in [0.1, 0.15) is 0 Å². The van der Waals surface area contributed by atoms with Crippen LogP contribution >= 0.6 is 0 Å². The Hall–Kier alpha value is -2.08. The molecule has 140 valence electrons. The molecule has 0 aliphatic carbocycles. The van der Waals surface area contributed by atoms with Crippen LogP contribution in [0.5, 0.6) is 0 Å². The molecule has 1 aliphatic rings. The van der Waals surface area contributed by atoms with Crippen molar-refractivity contribution in [3.8, 4) is 0 Å². The van der Waals surface area contributed by atoms with Gasteiger partial charge in [-0.15, -0.1) is 0 Å². The Kier molecular flexibility index (Phi) is 4.51. The maximum Gasteiger partial charge on any atom is 0.409 e. The zero-order chi connectivity index (χ0) is 19.3. The predicted molar refractivity (Wildman–Crippen MR) is 95.5 cm³/mol. The number of alkyl halides is 3. The molecule has 3 rings (SSSR count). The summed E-state index contributed by atoms with van der Waals surface area (Å²) in [4.78, 5) is 11.8. The van der Waals surface area contributed by atoms with E-state index in [1.807, 2.05) is 38.1 Å². The number of hydrazine groups is 1. The van der Waals surface area contributed by atoms with Gasteiger partial charge in [-0.3, -0.25) is 10.2 Å². The molecule has 0 saturated carbocycles. The lowest BCUT2D eigenvalue weighted by molar-refractivity contribution is -0.204. The normalized spacial score (nSPS) is 19.2. The number of halogens is 3. The molecular formula is C20H23F3N2O. The molecule has 0 spiro atoms. The van der Waals surface area contributed by atoms with Crippen molar-refractivity contribution in [2.75, 3.05) is 0 Å². The number of benzene rings is 2. The van der Waals surface area contributed by atoms with Crippen molar-refractivity contribution in [3.05, 3.63) is 47.5 Å². The van der Waals surface area contributed by atoms with Crippen LogP contribution in [0.2, 0.25) is 0 Å². The second kappa shape index (κ2) is 6.27. The van der Waals surface area contributed by atoms with Crippen LogP contribution in [0.25, 0.3) is 10.8 Å². The largest absolute Gasteiger partial charge is 0.409 e. The van der Waals surface area contributed by atoms with Crippen molar-refractivity contribution >= 4 is 16.7 Å². The standard InChI is InChI=1S/C20H23F3N2O/c1-12(2)17-14-8-6-5-7-13(14)9-10-15(17)18(20(21,22)23)25-19(3,4)11-16(26)24-25/h5-10,12,18H,11H2,1-4H3,(H,24,26). The molecule has 0 bridgehead atoms. The summed E-state index contributed by atoms with van der Waals surface area (Å²) in [6.45, 7) is 7.10. The molecule has 1 N–H and O–H groups in total. The molecule has 1 amide bonds. The minimum atomic E-state index is -4.53. The Balaban J connectivity index is 2.26. The quantitative estimate of drug-likeness (QED) is 0.823. The van der Waals surface area contributed by atoms with Crippen LogP contribution in [-0.4, -0.2) is 22.6 Å².